The molecule has 0 saturated heterocycles. The molecule has 0 heterocycles. The van der Waals surface area contributed by atoms with E-state index in [1.807, 2.05) is 12.1 Å². The highest BCUT2D eigenvalue weighted by Crippen LogP contribution is 2.33. The molecule has 0 aromatic heterocycles. The van der Waals surface area contributed by atoms with Crippen LogP contribution in [0.2, 0.25) is 0 Å². The summed E-state index contributed by atoms with van der Waals surface area (Å²) in [5.41, 5.74) is 7.77. The van der Waals surface area contributed by atoms with Crippen LogP contribution in [0.5, 0.6) is 5.75 Å². The minimum Gasteiger partial charge on any atom is -0.497 e. The zero-order valence-electron chi connectivity index (χ0n) is 14.4. The van der Waals surface area contributed by atoms with E-state index in [9.17, 15) is 0 Å². The standard InChI is InChI=1S/C18H32N2O/c1-6-9-13-18(19,15(4)20(7-2)8-3)16-11-10-12-17(14-16)21-5/h10-12,14-15H,6-9,13,19H2,1-5H3. The van der Waals surface area contributed by atoms with E-state index in [0.29, 0.717) is 6.04 Å². The number of hydrogen-bond acceptors (Lipinski definition) is 3. The van der Waals surface area contributed by atoms with Crippen molar-refractivity contribution in [3.8, 4) is 5.75 Å². The lowest BCUT2D eigenvalue weighted by Gasteiger charge is -2.42. The monoisotopic (exact) mass is 292 g/mol. The number of methoxy groups -OCH3 is 1. The lowest BCUT2D eigenvalue weighted by Crippen LogP contribution is -2.54. The van der Waals surface area contributed by atoms with Crippen LogP contribution >= 0.6 is 0 Å². The molecule has 0 aliphatic rings. The highest BCUT2D eigenvalue weighted by molar-refractivity contribution is 5.34. The van der Waals surface area contributed by atoms with Crippen LogP contribution < -0.4 is 10.5 Å². The Labute approximate surface area is 130 Å². The fraction of sp³-hybridized carbons (Fsp3) is 0.667. The second-order valence-corrected chi connectivity index (χ2v) is 5.77. The summed E-state index contributed by atoms with van der Waals surface area (Å²) >= 11 is 0. The Hall–Kier alpha value is -1.06. The molecule has 1 aromatic rings. The van der Waals surface area contributed by atoms with Crippen molar-refractivity contribution in [2.45, 2.75) is 58.5 Å². The third kappa shape index (κ3) is 4.21. The van der Waals surface area contributed by atoms with Gasteiger partial charge in [-0.1, -0.05) is 45.7 Å². The summed E-state index contributed by atoms with van der Waals surface area (Å²) in [4.78, 5) is 2.44. The second-order valence-electron chi connectivity index (χ2n) is 5.77. The molecule has 0 fully saturated rings. The summed E-state index contributed by atoms with van der Waals surface area (Å²) in [6, 6.07) is 8.54. The van der Waals surface area contributed by atoms with Gasteiger partial charge in [-0.15, -0.1) is 0 Å². The van der Waals surface area contributed by atoms with E-state index < -0.39 is 0 Å². The van der Waals surface area contributed by atoms with Gasteiger partial charge in [0.15, 0.2) is 0 Å². The number of hydrogen-bond donors (Lipinski definition) is 1. The van der Waals surface area contributed by atoms with E-state index >= 15 is 0 Å². The molecule has 0 aliphatic carbocycles. The molecule has 1 aromatic carbocycles. The largest absolute Gasteiger partial charge is 0.497 e. The van der Waals surface area contributed by atoms with Crippen molar-refractivity contribution in [2.75, 3.05) is 20.2 Å². The predicted molar refractivity (Wildman–Crippen MR) is 90.8 cm³/mol. The first kappa shape index (κ1) is 18.0. The first-order chi connectivity index (χ1) is 10.0. The Morgan fingerprint density at radius 2 is 1.90 bits per heavy atom. The maximum atomic E-state index is 6.93. The van der Waals surface area contributed by atoms with Gasteiger partial charge in [0.1, 0.15) is 5.75 Å². The average molecular weight is 292 g/mol. The molecule has 1 rings (SSSR count). The van der Waals surface area contributed by atoms with E-state index in [1.54, 1.807) is 7.11 Å². The van der Waals surface area contributed by atoms with Crippen molar-refractivity contribution in [2.24, 2.45) is 5.73 Å². The van der Waals surface area contributed by atoms with Crippen LogP contribution in [0.1, 0.15) is 52.5 Å². The molecular formula is C18H32N2O. The number of nitrogens with two attached hydrogens (primary N) is 1. The summed E-state index contributed by atoms with van der Waals surface area (Å²) in [5.74, 6) is 0.880. The third-order valence-corrected chi connectivity index (χ3v) is 4.66. The minimum atomic E-state index is -0.337. The Bertz CT molecular complexity index is 417. The molecule has 0 amide bonds. The first-order valence-electron chi connectivity index (χ1n) is 8.20. The molecule has 2 unspecified atom stereocenters. The second kappa shape index (κ2) is 8.40. The highest BCUT2D eigenvalue weighted by atomic mass is 16.5. The van der Waals surface area contributed by atoms with Gasteiger partial charge in [-0.2, -0.15) is 0 Å². The quantitative estimate of drug-likeness (QED) is 0.753. The lowest BCUT2D eigenvalue weighted by molar-refractivity contribution is 0.134. The van der Waals surface area contributed by atoms with Crippen LogP contribution in [0.3, 0.4) is 0 Å². The fourth-order valence-electron chi connectivity index (χ4n) is 3.07. The molecule has 120 valence electrons. The molecule has 3 heteroatoms. The van der Waals surface area contributed by atoms with Gasteiger partial charge in [0, 0.05) is 6.04 Å². The fourth-order valence-corrected chi connectivity index (χ4v) is 3.07. The Morgan fingerprint density at radius 3 is 2.43 bits per heavy atom. The molecule has 0 saturated carbocycles. The molecule has 0 spiro atoms. The van der Waals surface area contributed by atoms with Crippen LogP contribution in [0.15, 0.2) is 24.3 Å². The van der Waals surface area contributed by atoms with Gasteiger partial charge in [-0.25, -0.2) is 0 Å². The summed E-state index contributed by atoms with van der Waals surface area (Å²) in [6.07, 6.45) is 3.29. The molecule has 0 bridgehead atoms. The van der Waals surface area contributed by atoms with E-state index in [-0.39, 0.29) is 5.54 Å². The predicted octanol–water partition coefficient (Wildman–Crippen LogP) is 3.77. The van der Waals surface area contributed by atoms with Gasteiger partial charge in [0.25, 0.3) is 0 Å². The van der Waals surface area contributed by atoms with Gasteiger partial charge in [-0.3, -0.25) is 4.90 Å². The van der Waals surface area contributed by atoms with E-state index in [4.69, 9.17) is 10.5 Å². The summed E-state index contributed by atoms with van der Waals surface area (Å²) < 4.78 is 5.38. The molecule has 0 aliphatic heterocycles. The van der Waals surface area contributed by atoms with Crippen molar-refractivity contribution in [3.05, 3.63) is 29.8 Å². The Morgan fingerprint density at radius 1 is 1.24 bits per heavy atom. The highest BCUT2D eigenvalue weighted by Gasteiger charge is 2.36. The summed E-state index contributed by atoms with van der Waals surface area (Å²) in [6.45, 7) is 10.9. The Balaban J connectivity index is 3.17. The van der Waals surface area contributed by atoms with Crippen molar-refractivity contribution >= 4 is 0 Å². The zero-order chi connectivity index (χ0) is 15.9. The number of unbranched alkanes of at least 4 members (excludes halogenated alkanes) is 1. The zero-order valence-corrected chi connectivity index (χ0v) is 14.4. The van der Waals surface area contributed by atoms with E-state index in [2.05, 4.69) is 44.7 Å². The van der Waals surface area contributed by atoms with E-state index in [1.165, 1.54) is 5.56 Å². The normalized spacial score (nSPS) is 15.8. The van der Waals surface area contributed by atoms with Crippen molar-refractivity contribution < 1.29 is 4.74 Å². The minimum absolute atomic E-state index is 0.297. The van der Waals surface area contributed by atoms with Crippen LogP contribution in [-0.4, -0.2) is 31.1 Å². The van der Waals surface area contributed by atoms with Crippen molar-refractivity contribution in [1.82, 2.24) is 4.90 Å². The SMILES string of the molecule is CCCCC(N)(c1cccc(OC)c1)C(C)N(CC)CC. The number of benzene rings is 1. The maximum absolute atomic E-state index is 6.93. The Kier molecular flexibility index (Phi) is 7.20. The van der Waals surface area contributed by atoms with Crippen LogP contribution in [-0.2, 0) is 5.54 Å². The van der Waals surface area contributed by atoms with Crippen molar-refractivity contribution in [1.29, 1.82) is 0 Å². The molecular weight excluding hydrogens is 260 g/mol. The lowest BCUT2D eigenvalue weighted by atomic mass is 9.79. The summed E-state index contributed by atoms with van der Waals surface area (Å²) in [7, 11) is 1.71. The number of nitrogens with zero attached hydrogens (tertiary/aromatic N) is 1. The van der Waals surface area contributed by atoms with Crippen LogP contribution in [0.25, 0.3) is 0 Å². The van der Waals surface area contributed by atoms with Gasteiger partial charge in [-0.05, 0) is 44.1 Å². The van der Waals surface area contributed by atoms with Gasteiger partial charge in [0.2, 0.25) is 0 Å². The number of ether oxygens (including phenoxy) is 1. The van der Waals surface area contributed by atoms with Gasteiger partial charge >= 0.3 is 0 Å². The van der Waals surface area contributed by atoms with Crippen molar-refractivity contribution in [3.63, 3.8) is 0 Å². The number of rotatable bonds is 9. The average Bonchev–Trinajstić information content (AvgIpc) is 2.53. The third-order valence-electron chi connectivity index (χ3n) is 4.66. The van der Waals surface area contributed by atoms with Gasteiger partial charge in [0.05, 0.1) is 12.6 Å². The number of likely N-dealkylation sites (N-methyl/N-ethyl adjacent to an activating group) is 1. The molecule has 21 heavy (non-hydrogen) atoms. The van der Waals surface area contributed by atoms with Crippen LogP contribution in [0.4, 0.5) is 0 Å². The van der Waals surface area contributed by atoms with Gasteiger partial charge < -0.3 is 10.5 Å². The first-order valence-corrected chi connectivity index (χ1v) is 8.20. The smallest absolute Gasteiger partial charge is 0.119 e. The molecule has 3 nitrogen and oxygen atoms in total. The molecule has 0 radical (unpaired) electrons. The maximum Gasteiger partial charge on any atom is 0.119 e. The molecule has 2 atom stereocenters. The van der Waals surface area contributed by atoms with Crippen LogP contribution in [0, 0.1) is 0 Å². The topological polar surface area (TPSA) is 38.5 Å². The summed E-state index contributed by atoms with van der Waals surface area (Å²) in [5, 5.41) is 0. The van der Waals surface area contributed by atoms with E-state index in [0.717, 1.165) is 38.1 Å². The molecule has 2 N–H and O–H groups in total.